The Bertz CT molecular complexity index is 1280. The van der Waals surface area contributed by atoms with Crippen LogP contribution >= 0.6 is 11.8 Å². The lowest BCUT2D eigenvalue weighted by molar-refractivity contribution is -0.113. The molecule has 2 aromatic heterocycles. The Labute approximate surface area is 202 Å². The number of aromatic nitrogens is 4. The summed E-state index contributed by atoms with van der Waals surface area (Å²) in [4.78, 5) is 12.7. The first-order valence-corrected chi connectivity index (χ1v) is 11.7. The van der Waals surface area contributed by atoms with Gasteiger partial charge in [0, 0.05) is 42.8 Å². The number of methoxy groups -OCH3 is 2. The Hall–Kier alpha value is -3.72. The van der Waals surface area contributed by atoms with Crippen LogP contribution in [0.5, 0.6) is 11.5 Å². The predicted octanol–water partition coefficient (Wildman–Crippen LogP) is 4.25. The largest absolute Gasteiger partial charge is 0.493 e. The van der Waals surface area contributed by atoms with Crippen LogP contribution in [-0.4, -0.2) is 45.2 Å². The van der Waals surface area contributed by atoms with E-state index in [0.29, 0.717) is 28.8 Å². The summed E-state index contributed by atoms with van der Waals surface area (Å²) in [7, 11) is 5.14. The molecule has 0 fully saturated rings. The van der Waals surface area contributed by atoms with Gasteiger partial charge in [0.15, 0.2) is 16.7 Å². The van der Waals surface area contributed by atoms with Crippen molar-refractivity contribution in [3.05, 3.63) is 77.9 Å². The molecule has 0 aliphatic rings. The number of benzene rings is 2. The number of nitrogens with zero attached hydrogens (tertiary/aromatic N) is 4. The molecule has 0 saturated heterocycles. The summed E-state index contributed by atoms with van der Waals surface area (Å²) >= 11 is 1.34. The van der Waals surface area contributed by atoms with Gasteiger partial charge in [-0.3, -0.25) is 9.36 Å². The third-order valence-corrected chi connectivity index (χ3v) is 6.31. The van der Waals surface area contributed by atoms with Gasteiger partial charge in [-0.25, -0.2) is 0 Å². The molecular formula is C25H27N5O3S. The highest BCUT2D eigenvalue weighted by molar-refractivity contribution is 7.99. The van der Waals surface area contributed by atoms with Crippen LogP contribution in [-0.2, 0) is 18.3 Å². The van der Waals surface area contributed by atoms with Gasteiger partial charge in [-0.05, 0) is 43.3 Å². The first-order chi connectivity index (χ1) is 16.5. The van der Waals surface area contributed by atoms with Crippen LogP contribution in [0.1, 0.15) is 17.1 Å². The summed E-state index contributed by atoms with van der Waals surface area (Å²) in [5, 5.41) is 12.4. The van der Waals surface area contributed by atoms with Crippen LogP contribution in [0.2, 0.25) is 0 Å². The van der Waals surface area contributed by atoms with Gasteiger partial charge in [-0.1, -0.05) is 29.5 Å². The van der Waals surface area contributed by atoms with Gasteiger partial charge in [0.1, 0.15) is 5.82 Å². The molecule has 0 aliphatic carbocycles. The van der Waals surface area contributed by atoms with Crippen LogP contribution in [0.4, 0.5) is 5.69 Å². The summed E-state index contributed by atoms with van der Waals surface area (Å²) in [6, 6.07) is 17.5. The van der Waals surface area contributed by atoms with Crippen molar-refractivity contribution in [3.63, 3.8) is 0 Å². The maximum absolute atomic E-state index is 12.7. The summed E-state index contributed by atoms with van der Waals surface area (Å²) in [5.74, 6) is 2.00. The number of hydrogen-bond acceptors (Lipinski definition) is 6. The molecule has 0 saturated carbocycles. The van der Waals surface area contributed by atoms with Gasteiger partial charge < -0.3 is 19.4 Å². The highest BCUT2D eigenvalue weighted by Gasteiger charge is 2.17. The Balaban J connectivity index is 1.52. The zero-order valence-electron chi connectivity index (χ0n) is 19.6. The molecule has 0 aliphatic heterocycles. The average molecular weight is 478 g/mol. The molecule has 9 heteroatoms. The van der Waals surface area contributed by atoms with E-state index in [1.807, 2.05) is 36.0 Å². The molecule has 34 heavy (non-hydrogen) atoms. The molecule has 0 spiro atoms. The minimum atomic E-state index is -0.153. The van der Waals surface area contributed by atoms with Crippen LogP contribution < -0.4 is 14.8 Å². The average Bonchev–Trinajstić information content (AvgIpc) is 3.44. The van der Waals surface area contributed by atoms with Crippen molar-refractivity contribution in [1.29, 1.82) is 0 Å². The molecule has 2 heterocycles. The SMILES string of the molecule is COc1ccc(NC(=O)CSc2nnc(Cc3cccn3C)n2-c2ccc(C)cc2)cc1OC. The first kappa shape index (κ1) is 23.4. The second-order valence-corrected chi connectivity index (χ2v) is 8.71. The van der Waals surface area contributed by atoms with E-state index in [4.69, 9.17) is 9.47 Å². The number of aryl methyl sites for hydroxylation is 2. The topological polar surface area (TPSA) is 83.2 Å². The normalized spacial score (nSPS) is 10.8. The van der Waals surface area contributed by atoms with E-state index in [0.717, 1.165) is 17.2 Å². The van der Waals surface area contributed by atoms with Crippen LogP contribution in [0.3, 0.4) is 0 Å². The maximum atomic E-state index is 12.7. The lowest BCUT2D eigenvalue weighted by Crippen LogP contribution is -2.15. The maximum Gasteiger partial charge on any atom is 0.234 e. The fourth-order valence-electron chi connectivity index (χ4n) is 3.54. The minimum Gasteiger partial charge on any atom is -0.493 e. The third-order valence-electron chi connectivity index (χ3n) is 5.38. The van der Waals surface area contributed by atoms with E-state index >= 15 is 0 Å². The van der Waals surface area contributed by atoms with Crippen molar-refractivity contribution < 1.29 is 14.3 Å². The molecule has 2 aromatic carbocycles. The second kappa shape index (κ2) is 10.5. The van der Waals surface area contributed by atoms with E-state index in [1.165, 1.54) is 17.3 Å². The predicted molar refractivity (Wildman–Crippen MR) is 133 cm³/mol. The molecule has 0 atom stereocenters. The number of anilines is 1. The molecule has 4 aromatic rings. The number of amides is 1. The number of nitrogens with one attached hydrogen (secondary N) is 1. The zero-order chi connectivity index (χ0) is 24.1. The molecular weight excluding hydrogens is 450 g/mol. The van der Waals surface area contributed by atoms with Gasteiger partial charge in [0.2, 0.25) is 5.91 Å². The molecule has 0 radical (unpaired) electrons. The molecule has 0 bridgehead atoms. The van der Waals surface area contributed by atoms with Gasteiger partial charge in [0.25, 0.3) is 0 Å². The van der Waals surface area contributed by atoms with E-state index in [1.54, 1.807) is 32.4 Å². The van der Waals surface area contributed by atoms with Crippen molar-refractivity contribution in [2.24, 2.45) is 7.05 Å². The van der Waals surface area contributed by atoms with Crippen LogP contribution in [0.15, 0.2) is 66.0 Å². The van der Waals surface area contributed by atoms with Crippen LogP contribution in [0.25, 0.3) is 5.69 Å². The Kier molecular flexibility index (Phi) is 7.22. The zero-order valence-corrected chi connectivity index (χ0v) is 20.4. The van der Waals surface area contributed by atoms with Crippen molar-refractivity contribution in [2.75, 3.05) is 25.3 Å². The van der Waals surface area contributed by atoms with Gasteiger partial charge in [-0.2, -0.15) is 0 Å². The number of ether oxygens (including phenoxy) is 2. The minimum absolute atomic E-state index is 0.153. The third kappa shape index (κ3) is 5.26. The Morgan fingerprint density at radius 3 is 2.47 bits per heavy atom. The van der Waals surface area contributed by atoms with Crippen molar-refractivity contribution >= 4 is 23.4 Å². The number of rotatable bonds is 9. The molecule has 176 valence electrons. The van der Waals surface area contributed by atoms with Crippen molar-refractivity contribution in [1.82, 2.24) is 19.3 Å². The number of thioether (sulfide) groups is 1. The van der Waals surface area contributed by atoms with Crippen molar-refractivity contribution in [3.8, 4) is 17.2 Å². The highest BCUT2D eigenvalue weighted by Crippen LogP contribution is 2.30. The molecule has 0 unspecified atom stereocenters. The number of carbonyl (C=O) groups is 1. The molecule has 1 amide bonds. The smallest absolute Gasteiger partial charge is 0.234 e. The summed E-state index contributed by atoms with van der Waals surface area (Å²) in [5.41, 5.74) is 3.89. The summed E-state index contributed by atoms with van der Waals surface area (Å²) < 4.78 is 14.6. The number of hydrogen-bond donors (Lipinski definition) is 1. The summed E-state index contributed by atoms with van der Waals surface area (Å²) in [6.07, 6.45) is 2.64. The van der Waals surface area contributed by atoms with E-state index in [-0.39, 0.29) is 11.7 Å². The highest BCUT2D eigenvalue weighted by atomic mass is 32.2. The lowest BCUT2D eigenvalue weighted by atomic mass is 10.2. The molecule has 1 N–H and O–H groups in total. The van der Waals surface area contributed by atoms with Crippen LogP contribution in [0, 0.1) is 6.92 Å². The lowest BCUT2D eigenvalue weighted by Gasteiger charge is -2.12. The van der Waals surface area contributed by atoms with Crippen molar-refractivity contribution in [2.45, 2.75) is 18.5 Å². The Morgan fingerprint density at radius 2 is 1.79 bits per heavy atom. The van der Waals surface area contributed by atoms with E-state index < -0.39 is 0 Å². The van der Waals surface area contributed by atoms with E-state index in [9.17, 15) is 4.79 Å². The second-order valence-electron chi connectivity index (χ2n) is 7.76. The monoisotopic (exact) mass is 477 g/mol. The fourth-order valence-corrected chi connectivity index (χ4v) is 4.32. The first-order valence-electron chi connectivity index (χ1n) is 10.7. The quantitative estimate of drug-likeness (QED) is 0.363. The van der Waals surface area contributed by atoms with Gasteiger partial charge in [0.05, 0.1) is 20.0 Å². The summed E-state index contributed by atoms with van der Waals surface area (Å²) in [6.45, 7) is 2.05. The van der Waals surface area contributed by atoms with Gasteiger partial charge >= 0.3 is 0 Å². The van der Waals surface area contributed by atoms with E-state index in [2.05, 4.69) is 45.2 Å². The fraction of sp³-hybridized carbons (Fsp3) is 0.240. The standard InChI is InChI=1S/C25H27N5O3S/c1-17-7-10-19(11-8-17)30-23(15-20-6-5-13-29(20)2)27-28-25(30)34-16-24(31)26-18-9-12-21(32-3)22(14-18)33-4/h5-14H,15-16H2,1-4H3,(H,26,31). The number of carbonyl (C=O) groups excluding carboxylic acids is 1. The van der Waals surface area contributed by atoms with Gasteiger partial charge in [-0.15, -0.1) is 10.2 Å². The molecule has 4 rings (SSSR count). The Morgan fingerprint density at radius 1 is 1.03 bits per heavy atom. The molecule has 8 nitrogen and oxygen atoms in total.